The van der Waals surface area contributed by atoms with Gasteiger partial charge in [-0.1, -0.05) is 39.8 Å². The maximum Gasteiger partial charge on any atom is 0.119 e. The fourth-order valence-electron chi connectivity index (χ4n) is 1.89. The summed E-state index contributed by atoms with van der Waals surface area (Å²) in [7, 11) is 0. The molecule has 0 radical (unpaired) electrons. The molecule has 2 atom stereocenters. The highest BCUT2D eigenvalue weighted by atomic mass is 16.5. The van der Waals surface area contributed by atoms with E-state index in [9.17, 15) is 0 Å². The average molecular weight is 263 g/mol. The molecule has 108 valence electrons. The normalized spacial score (nSPS) is 15.1. The zero-order chi connectivity index (χ0) is 14.5. The third-order valence-corrected chi connectivity index (χ3v) is 3.46. The van der Waals surface area contributed by atoms with Gasteiger partial charge in [0.1, 0.15) is 11.9 Å². The predicted octanol–water partition coefficient (Wildman–Crippen LogP) is 4.14. The first-order valence-electron chi connectivity index (χ1n) is 7.35. The first-order valence-corrected chi connectivity index (χ1v) is 7.35. The fraction of sp³-hybridized carbons (Fsp3) is 0.647. The van der Waals surface area contributed by atoms with Crippen molar-refractivity contribution >= 4 is 0 Å². The maximum atomic E-state index is 5.98. The van der Waals surface area contributed by atoms with Gasteiger partial charge >= 0.3 is 0 Å². The minimum absolute atomic E-state index is 0.173. The van der Waals surface area contributed by atoms with Gasteiger partial charge in [0.25, 0.3) is 0 Å². The molecule has 1 N–H and O–H groups in total. The number of hydrogen-bond acceptors (Lipinski definition) is 2. The number of benzene rings is 1. The molecule has 1 aromatic carbocycles. The van der Waals surface area contributed by atoms with Crippen molar-refractivity contribution in [1.29, 1.82) is 0 Å². The first kappa shape index (κ1) is 16.0. The molecular formula is C17H29NO. The van der Waals surface area contributed by atoms with Crippen molar-refractivity contribution in [3.63, 3.8) is 0 Å². The third-order valence-electron chi connectivity index (χ3n) is 3.46. The lowest BCUT2D eigenvalue weighted by molar-refractivity contribution is 0.178. The van der Waals surface area contributed by atoms with E-state index in [2.05, 4.69) is 71.1 Å². The second kappa shape index (κ2) is 6.95. The number of rotatable bonds is 6. The summed E-state index contributed by atoms with van der Waals surface area (Å²) in [6, 6.07) is 8.83. The molecule has 0 aromatic heterocycles. The van der Waals surface area contributed by atoms with Crippen LogP contribution in [0.1, 0.15) is 53.5 Å². The number of nitrogens with one attached hydrogen (secondary N) is 1. The molecule has 0 saturated heterocycles. The highest BCUT2D eigenvalue weighted by Gasteiger charge is 2.15. The summed E-state index contributed by atoms with van der Waals surface area (Å²) in [5, 5.41) is 3.46. The van der Waals surface area contributed by atoms with Gasteiger partial charge < -0.3 is 10.1 Å². The van der Waals surface area contributed by atoms with E-state index in [-0.39, 0.29) is 11.5 Å². The Labute approximate surface area is 118 Å². The lowest BCUT2D eigenvalue weighted by Crippen LogP contribution is -2.39. The van der Waals surface area contributed by atoms with Gasteiger partial charge in [-0.05, 0) is 49.9 Å². The van der Waals surface area contributed by atoms with Crippen molar-refractivity contribution in [3.8, 4) is 5.75 Å². The van der Waals surface area contributed by atoms with Gasteiger partial charge in [0.2, 0.25) is 0 Å². The Balaban J connectivity index is 2.58. The van der Waals surface area contributed by atoms with Gasteiger partial charge in [-0.15, -0.1) is 0 Å². The van der Waals surface area contributed by atoms with Crippen molar-refractivity contribution in [1.82, 2.24) is 5.32 Å². The smallest absolute Gasteiger partial charge is 0.119 e. The second-order valence-corrected chi connectivity index (χ2v) is 6.34. The van der Waals surface area contributed by atoms with E-state index in [0.717, 1.165) is 18.7 Å². The molecule has 0 amide bonds. The molecule has 0 aliphatic carbocycles. The molecule has 0 aliphatic rings. The van der Waals surface area contributed by atoms with Crippen molar-refractivity contribution in [2.45, 2.75) is 65.5 Å². The molecule has 0 heterocycles. The van der Waals surface area contributed by atoms with E-state index in [0.29, 0.717) is 6.04 Å². The Morgan fingerprint density at radius 3 is 2.16 bits per heavy atom. The summed E-state index contributed by atoms with van der Waals surface area (Å²) in [5.41, 5.74) is 1.53. The predicted molar refractivity (Wildman–Crippen MR) is 83.0 cm³/mol. The second-order valence-electron chi connectivity index (χ2n) is 6.34. The summed E-state index contributed by atoms with van der Waals surface area (Å²) >= 11 is 0. The lowest BCUT2D eigenvalue weighted by atomic mass is 9.87. The van der Waals surface area contributed by atoms with E-state index < -0.39 is 0 Å². The molecule has 0 saturated carbocycles. The van der Waals surface area contributed by atoms with Crippen molar-refractivity contribution in [2.75, 3.05) is 6.54 Å². The average Bonchev–Trinajstić information content (AvgIpc) is 2.35. The Bertz CT molecular complexity index is 364. The van der Waals surface area contributed by atoms with Crippen molar-refractivity contribution in [3.05, 3.63) is 29.8 Å². The molecule has 2 unspecified atom stereocenters. The van der Waals surface area contributed by atoms with Gasteiger partial charge in [-0.3, -0.25) is 0 Å². The standard InChI is InChI=1S/C17H29NO/c1-7-12-18-13(2)14(3)19-16-10-8-15(9-11-16)17(4,5)6/h8-11,13-14,18H,7,12H2,1-6H3. The van der Waals surface area contributed by atoms with Crippen LogP contribution in [-0.4, -0.2) is 18.7 Å². The minimum Gasteiger partial charge on any atom is -0.489 e. The lowest BCUT2D eigenvalue weighted by Gasteiger charge is -2.23. The van der Waals surface area contributed by atoms with Crippen LogP contribution in [0.4, 0.5) is 0 Å². The van der Waals surface area contributed by atoms with E-state index in [4.69, 9.17) is 4.74 Å². The molecule has 2 nitrogen and oxygen atoms in total. The molecule has 1 aromatic rings. The number of hydrogen-bond donors (Lipinski definition) is 1. The van der Waals surface area contributed by atoms with Crippen molar-refractivity contribution in [2.24, 2.45) is 0 Å². The van der Waals surface area contributed by atoms with Crippen LogP contribution < -0.4 is 10.1 Å². The van der Waals surface area contributed by atoms with Gasteiger partial charge in [0, 0.05) is 6.04 Å². The molecular weight excluding hydrogens is 234 g/mol. The Morgan fingerprint density at radius 1 is 1.11 bits per heavy atom. The fourth-order valence-corrected chi connectivity index (χ4v) is 1.89. The largest absolute Gasteiger partial charge is 0.489 e. The van der Waals surface area contributed by atoms with Crippen LogP contribution in [0.5, 0.6) is 5.75 Å². The highest BCUT2D eigenvalue weighted by Crippen LogP contribution is 2.24. The van der Waals surface area contributed by atoms with Crippen LogP contribution >= 0.6 is 0 Å². The number of ether oxygens (including phenoxy) is 1. The highest BCUT2D eigenvalue weighted by molar-refractivity contribution is 5.31. The Hall–Kier alpha value is -1.02. The molecule has 0 aliphatic heterocycles. The Kier molecular flexibility index (Phi) is 5.86. The first-order chi connectivity index (χ1) is 8.84. The summed E-state index contributed by atoms with van der Waals surface area (Å²) in [5.74, 6) is 0.950. The summed E-state index contributed by atoms with van der Waals surface area (Å²) in [6.07, 6.45) is 1.32. The zero-order valence-electron chi connectivity index (χ0n) is 13.3. The monoisotopic (exact) mass is 263 g/mol. The third kappa shape index (κ3) is 5.23. The van der Waals surface area contributed by atoms with Crippen LogP contribution in [0.3, 0.4) is 0 Å². The van der Waals surface area contributed by atoms with E-state index in [1.54, 1.807) is 0 Å². The molecule has 1 rings (SSSR count). The molecule has 0 bridgehead atoms. The van der Waals surface area contributed by atoms with Gasteiger partial charge in [0.15, 0.2) is 0 Å². The van der Waals surface area contributed by atoms with E-state index in [1.807, 2.05) is 0 Å². The zero-order valence-corrected chi connectivity index (χ0v) is 13.3. The quantitative estimate of drug-likeness (QED) is 0.833. The molecule has 0 fully saturated rings. The van der Waals surface area contributed by atoms with E-state index >= 15 is 0 Å². The molecule has 19 heavy (non-hydrogen) atoms. The van der Waals surface area contributed by atoms with Gasteiger partial charge in [-0.25, -0.2) is 0 Å². The van der Waals surface area contributed by atoms with Crippen LogP contribution in [0.25, 0.3) is 0 Å². The topological polar surface area (TPSA) is 21.3 Å². The SMILES string of the molecule is CCCNC(C)C(C)Oc1ccc(C(C)(C)C)cc1. The molecule has 0 spiro atoms. The van der Waals surface area contributed by atoms with Crippen molar-refractivity contribution < 1.29 is 4.74 Å². The minimum atomic E-state index is 0.173. The summed E-state index contributed by atoms with van der Waals surface area (Å²) < 4.78 is 5.98. The summed E-state index contributed by atoms with van der Waals surface area (Å²) in [6.45, 7) is 14.2. The van der Waals surface area contributed by atoms with Gasteiger partial charge in [0.05, 0.1) is 0 Å². The van der Waals surface area contributed by atoms with Crippen LogP contribution in [0.15, 0.2) is 24.3 Å². The summed E-state index contributed by atoms with van der Waals surface area (Å²) in [4.78, 5) is 0. The van der Waals surface area contributed by atoms with Gasteiger partial charge in [-0.2, -0.15) is 0 Å². The van der Waals surface area contributed by atoms with E-state index in [1.165, 1.54) is 5.56 Å². The van der Waals surface area contributed by atoms with Crippen LogP contribution in [0, 0.1) is 0 Å². The molecule has 2 heteroatoms. The maximum absolute atomic E-state index is 5.98. The van der Waals surface area contributed by atoms with Crippen LogP contribution in [-0.2, 0) is 5.41 Å². The van der Waals surface area contributed by atoms with Crippen LogP contribution in [0.2, 0.25) is 0 Å². The Morgan fingerprint density at radius 2 is 1.68 bits per heavy atom.